The summed E-state index contributed by atoms with van der Waals surface area (Å²) >= 11 is 0. The molecule has 0 spiro atoms. The van der Waals surface area contributed by atoms with E-state index in [0.717, 1.165) is 6.54 Å². The van der Waals surface area contributed by atoms with Gasteiger partial charge in [-0.05, 0) is 23.0 Å². The number of benzene rings is 1. The van der Waals surface area contributed by atoms with Crippen LogP contribution in [0.5, 0.6) is 5.75 Å². The van der Waals surface area contributed by atoms with Crippen LogP contribution >= 0.6 is 0 Å². The van der Waals surface area contributed by atoms with Gasteiger partial charge in [0.05, 0.1) is 18.6 Å². The third-order valence-electron chi connectivity index (χ3n) is 2.67. The minimum Gasteiger partial charge on any atom is -0.494 e. The van der Waals surface area contributed by atoms with Crippen molar-refractivity contribution in [3.05, 3.63) is 34.1 Å². The molecular formula is C11H14N6O3. The van der Waals surface area contributed by atoms with Crippen molar-refractivity contribution < 1.29 is 9.66 Å². The molecule has 0 atom stereocenters. The van der Waals surface area contributed by atoms with E-state index in [9.17, 15) is 10.1 Å². The zero-order valence-corrected chi connectivity index (χ0v) is 11.1. The van der Waals surface area contributed by atoms with Crippen LogP contribution in [0.2, 0.25) is 0 Å². The first kappa shape index (κ1) is 13.9. The molecule has 0 aliphatic rings. The topological polar surface area (TPSA) is 108 Å². The summed E-state index contributed by atoms with van der Waals surface area (Å²) in [4.78, 5) is 10.4. The molecule has 9 nitrogen and oxygen atoms in total. The second-order valence-electron chi connectivity index (χ2n) is 3.90. The molecule has 0 fully saturated rings. The minimum atomic E-state index is -0.475. The molecule has 2 aromatic rings. The first-order chi connectivity index (χ1) is 9.67. The summed E-state index contributed by atoms with van der Waals surface area (Å²) in [5, 5.41) is 25.3. The molecular weight excluding hydrogens is 264 g/mol. The molecule has 0 radical (unpaired) electrons. The van der Waals surface area contributed by atoms with Gasteiger partial charge in [-0.2, -0.15) is 4.68 Å². The molecule has 20 heavy (non-hydrogen) atoms. The fourth-order valence-corrected chi connectivity index (χ4v) is 1.70. The van der Waals surface area contributed by atoms with Crippen LogP contribution in [0.4, 0.5) is 5.69 Å². The highest BCUT2D eigenvalue weighted by Crippen LogP contribution is 2.27. The van der Waals surface area contributed by atoms with Gasteiger partial charge in [0.15, 0.2) is 5.82 Å². The van der Waals surface area contributed by atoms with Crippen molar-refractivity contribution in [3.63, 3.8) is 0 Å². The van der Waals surface area contributed by atoms with Crippen molar-refractivity contribution in [1.29, 1.82) is 0 Å². The Morgan fingerprint density at radius 3 is 2.95 bits per heavy atom. The number of nitrogens with zero attached hydrogens (tertiary/aromatic N) is 5. The van der Waals surface area contributed by atoms with Crippen LogP contribution in [0.15, 0.2) is 18.2 Å². The van der Waals surface area contributed by atoms with Crippen molar-refractivity contribution in [3.8, 4) is 11.4 Å². The van der Waals surface area contributed by atoms with Gasteiger partial charge in [-0.15, -0.1) is 5.10 Å². The number of hydrogen-bond donors (Lipinski definition) is 1. The molecule has 0 aliphatic carbocycles. The Bertz CT molecular complexity index is 612. The molecule has 0 unspecified atom stereocenters. The van der Waals surface area contributed by atoms with Gasteiger partial charge in [0.1, 0.15) is 11.4 Å². The number of nitro benzene ring substituents is 1. The van der Waals surface area contributed by atoms with Crippen LogP contribution < -0.4 is 10.1 Å². The predicted octanol–water partition coefficient (Wildman–Crippen LogP) is 0.689. The van der Waals surface area contributed by atoms with Gasteiger partial charge in [0.2, 0.25) is 0 Å². The number of hydrogen-bond acceptors (Lipinski definition) is 7. The van der Waals surface area contributed by atoms with Gasteiger partial charge < -0.3 is 10.1 Å². The van der Waals surface area contributed by atoms with Gasteiger partial charge in [-0.1, -0.05) is 6.92 Å². The monoisotopic (exact) mass is 278 g/mol. The predicted molar refractivity (Wildman–Crippen MR) is 69.7 cm³/mol. The van der Waals surface area contributed by atoms with Crippen molar-refractivity contribution in [2.24, 2.45) is 0 Å². The van der Waals surface area contributed by atoms with Gasteiger partial charge in [-0.3, -0.25) is 10.1 Å². The molecule has 106 valence electrons. The number of methoxy groups -OCH3 is 1. The van der Waals surface area contributed by atoms with Gasteiger partial charge in [-0.25, -0.2) is 0 Å². The summed E-state index contributed by atoms with van der Waals surface area (Å²) in [5.74, 6) is 1.01. The van der Waals surface area contributed by atoms with E-state index in [1.165, 1.54) is 30.0 Å². The van der Waals surface area contributed by atoms with Crippen LogP contribution in [0.25, 0.3) is 5.69 Å². The van der Waals surface area contributed by atoms with E-state index < -0.39 is 4.92 Å². The van der Waals surface area contributed by atoms with Gasteiger partial charge in [0.25, 0.3) is 5.69 Å². The summed E-state index contributed by atoms with van der Waals surface area (Å²) in [6.07, 6.45) is 0. The summed E-state index contributed by atoms with van der Waals surface area (Å²) in [7, 11) is 1.49. The second-order valence-corrected chi connectivity index (χ2v) is 3.90. The largest absolute Gasteiger partial charge is 0.494 e. The third kappa shape index (κ3) is 2.72. The number of tetrazole rings is 1. The zero-order valence-electron chi connectivity index (χ0n) is 11.1. The molecule has 0 amide bonds. The number of rotatable bonds is 6. The van der Waals surface area contributed by atoms with E-state index in [2.05, 4.69) is 20.8 Å². The first-order valence-electron chi connectivity index (χ1n) is 5.98. The van der Waals surface area contributed by atoms with Crippen LogP contribution in [0, 0.1) is 10.1 Å². The van der Waals surface area contributed by atoms with Crippen molar-refractivity contribution >= 4 is 5.69 Å². The van der Waals surface area contributed by atoms with Crippen molar-refractivity contribution in [1.82, 2.24) is 25.5 Å². The first-order valence-corrected chi connectivity index (χ1v) is 5.98. The fourth-order valence-electron chi connectivity index (χ4n) is 1.70. The highest BCUT2D eigenvalue weighted by molar-refractivity contribution is 5.53. The fraction of sp³-hybridized carbons (Fsp3) is 0.364. The maximum Gasteiger partial charge on any atom is 0.271 e. The smallest absolute Gasteiger partial charge is 0.271 e. The van der Waals surface area contributed by atoms with Crippen LogP contribution in [0.3, 0.4) is 0 Å². The normalized spacial score (nSPS) is 10.5. The number of ether oxygens (including phenoxy) is 1. The minimum absolute atomic E-state index is 0.0503. The van der Waals surface area contributed by atoms with E-state index in [-0.39, 0.29) is 5.69 Å². The molecule has 1 heterocycles. The SMILES string of the molecule is CCNCc1nnnn1-c1cc([N+](=O)[O-])ccc1OC. The lowest BCUT2D eigenvalue weighted by Crippen LogP contribution is -2.16. The zero-order chi connectivity index (χ0) is 14.5. The quantitative estimate of drug-likeness (QED) is 0.611. The van der Waals surface area contributed by atoms with Crippen LogP contribution in [-0.4, -0.2) is 38.8 Å². The lowest BCUT2D eigenvalue weighted by molar-refractivity contribution is -0.384. The molecule has 9 heteroatoms. The Morgan fingerprint density at radius 1 is 1.50 bits per heavy atom. The molecule has 1 aromatic heterocycles. The van der Waals surface area contributed by atoms with Crippen molar-refractivity contribution in [2.75, 3.05) is 13.7 Å². The summed E-state index contributed by atoms with van der Waals surface area (Å²) < 4.78 is 6.63. The van der Waals surface area contributed by atoms with E-state index >= 15 is 0 Å². The number of nitro groups is 1. The summed E-state index contributed by atoms with van der Waals surface area (Å²) in [6, 6.07) is 4.27. The van der Waals surface area contributed by atoms with Crippen LogP contribution in [-0.2, 0) is 6.54 Å². The molecule has 2 rings (SSSR count). The Morgan fingerprint density at radius 2 is 2.30 bits per heavy atom. The second kappa shape index (κ2) is 6.06. The number of nitrogens with one attached hydrogen (secondary N) is 1. The molecule has 1 N–H and O–H groups in total. The highest BCUT2D eigenvalue weighted by atomic mass is 16.6. The van der Waals surface area contributed by atoms with Crippen molar-refractivity contribution in [2.45, 2.75) is 13.5 Å². The third-order valence-corrected chi connectivity index (χ3v) is 2.67. The Balaban J connectivity index is 2.47. The van der Waals surface area contributed by atoms with E-state index in [4.69, 9.17) is 4.74 Å². The molecule has 1 aromatic carbocycles. The van der Waals surface area contributed by atoms with Gasteiger partial charge in [0, 0.05) is 12.1 Å². The van der Waals surface area contributed by atoms with E-state index in [0.29, 0.717) is 23.8 Å². The molecule has 0 saturated heterocycles. The molecule has 0 bridgehead atoms. The average Bonchev–Trinajstić information content (AvgIpc) is 2.92. The maximum absolute atomic E-state index is 10.9. The summed E-state index contributed by atoms with van der Waals surface area (Å²) in [6.45, 7) is 3.18. The average molecular weight is 278 g/mol. The van der Waals surface area contributed by atoms with E-state index in [1.807, 2.05) is 6.92 Å². The Labute approximate surface area is 114 Å². The Hall–Kier alpha value is -2.55. The molecule has 0 aliphatic heterocycles. The number of aromatic nitrogens is 4. The standard InChI is InChI=1S/C11H14N6O3/c1-3-12-7-11-13-14-15-16(11)9-6-8(17(18)19)4-5-10(9)20-2/h4-6,12H,3,7H2,1-2H3. The van der Waals surface area contributed by atoms with Crippen LogP contribution in [0.1, 0.15) is 12.7 Å². The Kier molecular flexibility index (Phi) is 4.20. The molecule has 0 saturated carbocycles. The lowest BCUT2D eigenvalue weighted by atomic mass is 10.2. The summed E-state index contributed by atoms with van der Waals surface area (Å²) in [5.41, 5.74) is 0.380. The lowest BCUT2D eigenvalue weighted by Gasteiger charge is -2.09. The number of non-ortho nitro benzene ring substituents is 1. The highest BCUT2D eigenvalue weighted by Gasteiger charge is 2.17. The van der Waals surface area contributed by atoms with E-state index in [1.54, 1.807) is 0 Å². The maximum atomic E-state index is 10.9. The van der Waals surface area contributed by atoms with Gasteiger partial charge >= 0.3 is 0 Å².